The molecule has 0 spiro atoms. The van der Waals surface area contributed by atoms with E-state index in [1.807, 2.05) is 7.05 Å². The van der Waals surface area contributed by atoms with Crippen LogP contribution in [-0.2, 0) is 25.8 Å². The Kier molecular flexibility index (Phi) is 5.28. The van der Waals surface area contributed by atoms with Crippen molar-refractivity contribution in [2.75, 3.05) is 20.1 Å². The standard InChI is InChI=1S/C18H24N4S/c1-3-17-21-16(13-23-17)8-10-20-18(19-2)22-11-9-14-6-4-5-7-15(14)12-22/h4-7,13H,3,8-12H2,1-2H3,(H,19,20). The molecule has 5 heteroatoms. The predicted molar refractivity (Wildman–Crippen MR) is 97.1 cm³/mol. The van der Waals surface area contributed by atoms with Crippen LogP contribution in [0.25, 0.3) is 0 Å². The van der Waals surface area contributed by atoms with Gasteiger partial charge in [-0.15, -0.1) is 11.3 Å². The molecule has 3 rings (SSSR count). The number of hydrogen-bond donors (Lipinski definition) is 1. The summed E-state index contributed by atoms with van der Waals surface area (Å²) in [6.45, 7) is 4.98. The van der Waals surface area contributed by atoms with Crippen LogP contribution in [0.2, 0.25) is 0 Å². The summed E-state index contributed by atoms with van der Waals surface area (Å²) in [5.74, 6) is 0.991. The summed E-state index contributed by atoms with van der Waals surface area (Å²) in [6.07, 6.45) is 3.05. The molecule has 0 unspecified atom stereocenters. The Hall–Kier alpha value is -1.88. The van der Waals surface area contributed by atoms with Crippen LogP contribution in [0.15, 0.2) is 34.6 Å². The monoisotopic (exact) mass is 328 g/mol. The minimum atomic E-state index is 0.873. The number of benzene rings is 1. The van der Waals surface area contributed by atoms with Gasteiger partial charge in [0, 0.05) is 38.5 Å². The minimum Gasteiger partial charge on any atom is -0.356 e. The second-order valence-corrected chi connectivity index (χ2v) is 6.69. The summed E-state index contributed by atoms with van der Waals surface area (Å²) in [5.41, 5.74) is 4.06. The van der Waals surface area contributed by atoms with Crippen molar-refractivity contribution in [3.63, 3.8) is 0 Å². The van der Waals surface area contributed by atoms with Crippen molar-refractivity contribution >= 4 is 17.3 Å². The lowest BCUT2D eigenvalue weighted by Gasteiger charge is -2.31. The van der Waals surface area contributed by atoms with Gasteiger partial charge < -0.3 is 10.2 Å². The van der Waals surface area contributed by atoms with Gasteiger partial charge in [0.15, 0.2) is 5.96 Å². The number of fused-ring (bicyclic) bond motifs is 1. The fraction of sp³-hybridized carbons (Fsp3) is 0.444. The van der Waals surface area contributed by atoms with E-state index in [9.17, 15) is 0 Å². The molecule has 0 radical (unpaired) electrons. The zero-order valence-electron chi connectivity index (χ0n) is 13.9. The molecule has 0 saturated carbocycles. The largest absolute Gasteiger partial charge is 0.356 e. The number of nitrogens with zero attached hydrogens (tertiary/aromatic N) is 3. The zero-order chi connectivity index (χ0) is 16.1. The smallest absolute Gasteiger partial charge is 0.193 e. The summed E-state index contributed by atoms with van der Waals surface area (Å²) in [5, 5.41) is 6.87. The molecule has 0 saturated heterocycles. The lowest BCUT2D eigenvalue weighted by molar-refractivity contribution is 0.379. The zero-order valence-corrected chi connectivity index (χ0v) is 14.7. The molecule has 122 valence electrons. The average Bonchev–Trinajstić information content (AvgIpc) is 3.06. The van der Waals surface area contributed by atoms with Crippen LogP contribution >= 0.6 is 11.3 Å². The molecule has 1 aliphatic heterocycles. The molecule has 0 aliphatic carbocycles. The Morgan fingerprint density at radius 2 is 2.17 bits per heavy atom. The van der Waals surface area contributed by atoms with Crippen LogP contribution in [-0.4, -0.2) is 36.0 Å². The number of aliphatic imine (C=N–C) groups is 1. The second kappa shape index (κ2) is 7.59. The predicted octanol–water partition coefficient (Wildman–Crippen LogP) is 2.88. The van der Waals surface area contributed by atoms with E-state index in [4.69, 9.17) is 0 Å². The van der Waals surface area contributed by atoms with Gasteiger partial charge in [0.2, 0.25) is 0 Å². The number of nitrogens with one attached hydrogen (secondary N) is 1. The Morgan fingerprint density at radius 3 is 2.91 bits per heavy atom. The van der Waals surface area contributed by atoms with Crippen LogP contribution < -0.4 is 5.32 Å². The summed E-state index contributed by atoms with van der Waals surface area (Å²) in [7, 11) is 1.86. The lowest BCUT2D eigenvalue weighted by Crippen LogP contribution is -2.44. The van der Waals surface area contributed by atoms with Gasteiger partial charge in [0.05, 0.1) is 10.7 Å². The Labute approximate surface area is 142 Å². The number of guanidine groups is 1. The fourth-order valence-corrected chi connectivity index (χ4v) is 3.72. The minimum absolute atomic E-state index is 0.873. The summed E-state index contributed by atoms with van der Waals surface area (Å²) < 4.78 is 0. The maximum Gasteiger partial charge on any atom is 0.193 e. The molecule has 2 heterocycles. The highest BCUT2D eigenvalue weighted by molar-refractivity contribution is 7.09. The highest BCUT2D eigenvalue weighted by Crippen LogP contribution is 2.18. The van der Waals surface area contributed by atoms with Crippen molar-refractivity contribution < 1.29 is 0 Å². The summed E-state index contributed by atoms with van der Waals surface area (Å²) >= 11 is 1.75. The third-order valence-electron chi connectivity index (χ3n) is 4.21. The first-order chi connectivity index (χ1) is 11.3. The molecule has 1 aliphatic rings. The van der Waals surface area contributed by atoms with Crippen molar-refractivity contribution in [1.82, 2.24) is 15.2 Å². The molecule has 1 N–H and O–H groups in total. The van der Waals surface area contributed by atoms with E-state index in [0.29, 0.717) is 0 Å². The van der Waals surface area contributed by atoms with Crippen molar-refractivity contribution in [2.45, 2.75) is 32.7 Å². The van der Waals surface area contributed by atoms with Crippen LogP contribution in [0.1, 0.15) is 28.8 Å². The Bertz CT molecular complexity index is 677. The molecular formula is C18H24N4S. The molecular weight excluding hydrogens is 304 g/mol. The molecule has 1 aromatic heterocycles. The molecule has 0 amide bonds. The molecule has 23 heavy (non-hydrogen) atoms. The third kappa shape index (κ3) is 3.91. The van der Waals surface area contributed by atoms with E-state index in [-0.39, 0.29) is 0 Å². The van der Waals surface area contributed by atoms with Crippen molar-refractivity contribution in [2.24, 2.45) is 4.99 Å². The van der Waals surface area contributed by atoms with Crippen LogP contribution in [0.5, 0.6) is 0 Å². The molecule has 0 bridgehead atoms. The number of aromatic nitrogens is 1. The maximum absolute atomic E-state index is 4.62. The van der Waals surface area contributed by atoms with Gasteiger partial charge in [-0.05, 0) is 24.0 Å². The van der Waals surface area contributed by atoms with Gasteiger partial charge in [-0.25, -0.2) is 4.98 Å². The van der Waals surface area contributed by atoms with Gasteiger partial charge in [-0.2, -0.15) is 0 Å². The second-order valence-electron chi connectivity index (χ2n) is 5.75. The summed E-state index contributed by atoms with van der Waals surface area (Å²) in [4.78, 5) is 11.4. The van der Waals surface area contributed by atoms with Gasteiger partial charge in [-0.3, -0.25) is 4.99 Å². The lowest BCUT2D eigenvalue weighted by atomic mass is 10.0. The Morgan fingerprint density at radius 1 is 1.35 bits per heavy atom. The first kappa shape index (κ1) is 16.0. The topological polar surface area (TPSA) is 40.5 Å². The molecule has 1 aromatic carbocycles. The Balaban J connectivity index is 1.54. The fourth-order valence-electron chi connectivity index (χ4n) is 2.94. The first-order valence-corrected chi connectivity index (χ1v) is 9.13. The molecule has 0 fully saturated rings. The van der Waals surface area contributed by atoms with Gasteiger partial charge in [0.25, 0.3) is 0 Å². The first-order valence-electron chi connectivity index (χ1n) is 8.25. The SMILES string of the molecule is CCc1nc(CCNC(=NC)N2CCc3ccccc3C2)cs1. The summed E-state index contributed by atoms with van der Waals surface area (Å²) in [6, 6.07) is 8.69. The van der Waals surface area contributed by atoms with Crippen LogP contribution in [0.3, 0.4) is 0 Å². The maximum atomic E-state index is 4.62. The van der Waals surface area contributed by atoms with Crippen molar-refractivity contribution in [1.29, 1.82) is 0 Å². The highest BCUT2D eigenvalue weighted by atomic mass is 32.1. The van der Waals surface area contributed by atoms with E-state index in [2.05, 4.69) is 56.8 Å². The van der Waals surface area contributed by atoms with Gasteiger partial charge >= 0.3 is 0 Å². The quantitative estimate of drug-likeness (QED) is 0.693. The average molecular weight is 328 g/mol. The van der Waals surface area contributed by atoms with E-state index in [0.717, 1.165) is 44.9 Å². The van der Waals surface area contributed by atoms with Crippen LogP contribution in [0, 0.1) is 0 Å². The molecule has 2 aromatic rings. The van der Waals surface area contributed by atoms with E-state index >= 15 is 0 Å². The number of hydrogen-bond acceptors (Lipinski definition) is 3. The van der Waals surface area contributed by atoms with Crippen molar-refractivity contribution in [3.8, 4) is 0 Å². The molecule has 4 nitrogen and oxygen atoms in total. The van der Waals surface area contributed by atoms with Crippen LogP contribution in [0.4, 0.5) is 0 Å². The van der Waals surface area contributed by atoms with Crippen molar-refractivity contribution in [3.05, 3.63) is 51.5 Å². The van der Waals surface area contributed by atoms with Gasteiger partial charge in [-0.1, -0.05) is 31.2 Å². The van der Waals surface area contributed by atoms with Gasteiger partial charge in [0.1, 0.15) is 0 Å². The third-order valence-corrected chi connectivity index (χ3v) is 5.25. The number of rotatable bonds is 4. The van der Waals surface area contributed by atoms with E-state index < -0.39 is 0 Å². The number of thiazole rings is 1. The highest BCUT2D eigenvalue weighted by Gasteiger charge is 2.18. The normalized spacial score (nSPS) is 14.7. The molecule has 0 atom stereocenters. The van der Waals surface area contributed by atoms with E-state index in [1.54, 1.807) is 11.3 Å². The number of aryl methyl sites for hydroxylation is 1. The van der Waals surface area contributed by atoms with E-state index in [1.165, 1.54) is 21.8 Å².